The zero-order chi connectivity index (χ0) is 15.7. The summed E-state index contributed by atoms with van der Waals surface area (Å²) in [5, 5.41) is 3.19. The van der Waals surface area contributed by atoms with E-state index in [1.54, 1.807) is 25.1 Å². The third-order valence-electron chi connectivity index (χ3n) is 3.48. The molecule has 0 saturated heterocycles. The van der Waals surface area contributed by atoms with E-state index in [9.17, 15) is 9.59 Å². The van der Waals surface area contributed by atoms with Gasteiger partial charge in [0.25, 0.3) is 5.91 Å². The molecule has 4 nitrogen and oxygen atoms in total. The molecule has 0 radical (unpaired) electrons. The van der Waals surface area contributed by atoms with Crippen molar-refractivity contribution in [2.24, 2.45) is 5.41 Å². The molecule has 1 saturated carbocycles. The maximum absolute atomic E-state index is 11.8. The highest BCUT2D eigenvalue weighted by Crippen LogP contribution is 2.64. The molecule has 0 spiro atoms. The predicted molar refractivity (Wildman–Crippen MR) is 81.4 cm³/mol. The minimum Gasteiger partial charge on any atom is -0.455 e. The molecule has 0 heterocycles. The normalized spacial score (nSPS) is 22.5. The average Bonchev–Trinajstić information content (AvgIpc) is 2.95. The van der Waals surface area contributed by atoms with Crippen LogP contribution in [0.4, 0.5) is 0 Å². The van der Waals surface area contributed by atoms with E-state index >= 15 is 0 Å². The lowest BCUT2D eigenvalue weighted by molar-refractivity contribution is -0.153. The second kappa shape index (κ2) is 6.03. The molecule has 2 rings (SSSR count). The number of rotatable bonds is 5. The molecule has 1 N–H and O–H groups in total. The van der Waals surface area contributed by atoms with E-state index < -0.39 is 21.6 Å². The van der Waals surface area contributed by atoms with Gasteiger partial charge in [0.2, 0.25) is 0 Å². The summed E-state index contributed by atoms with van der Waals surface area (Å²) in [6.45, 7) is 1.50. The molecule has 0 unspecified atom stereocenters. The third kappa shape index (κ3) is 3.62. The van der Waals surface area contributed by atoms with Crippen LogP contribution in [0.2, 0.25) is 5.02 Å². The number of alkyl halides is 2. The predicted octanol–water partition coefficient (Wildman–Crippen LogP) is 3.08. The van der Waals surface area contributed by atoms with Crippen molar-refractivity contribution in [3.05, 3.63) is 34.9 Å². The fraction of sp³-hybridized carbons (Fsp3) is 0.429. The molecule has 7 heteroatoms. The van der Waals surface area contributed by atoms with E-state index in [-0.39, 0.29) is 13.2 Å². The number of amides is 1. The maximum atomic E-state index is 11.8. The summed E-state index contributed by atoms with van der Waals surface area (Å²) >= 11 is 17.7. The van der Waals surface area contributed by atoms with Crippen LogP contribution in [0.1, 0.15) is 18.9 Å². The van der Waals surface area contributed by atoms with Gasteiger partial charge in [-0.05, 0) is 18.6 Å². The summed E-state index contributed by atoms with van der Waals surface area (Å²) in [6, 6.07) is 7.16. The van der Waals surface area contributed by atoms with Gasteiger partial charge in [-0.2, -0.15) is 0 Å². The van der Waals surface area contributed by atoms with Crippen molar-refractivity contribution in [3.8, 4) is 0 Å². The van der Waals surface area contributed by atoms with Gasteiger partial charge in [0.15, 0.2) is 6.61 Å². The fourth-order valence-electron chi connectivity index (χ4n) is 1.80. The Morgan fingerprint density at radius 2 is 1.95 bits per heavy atom. The summed E-state index contributed by atoms with van der Waals surface area (Å²) < 4.78 is 3.83. The number of halogens is 3. The zero-order valence-corrected chi connectivity index (χ0v) is 13.6. The molecular formula is C14H14Cl3NO3. The molecular weight excluding hydrogens is 337 g/mol. The third-order valence-corrected chi connectivity index (χ3v) is 4.95. The summed E-state index contributed by atoms with van der Waals surface area (Å²) in [7, 11) is 0. The number of nitrogens with one attached hydrogen (secondary N) is 1. The number of carbonyl (C=O) groups is 2. The summed E-state index contributed by atoms with van der Waals surface area (Å²) in [5.41, 5.74) is -0.146. The van der Waals surface area contributed by atoms with Gasteiger partial charge in [0, 0.05) is 18.0 Å². The quantitative estimate of drug-likeness (QED) is 0.656. The van der Waals surface area contributed by atoms with Gasteiger partial charge >= 0.3 is 5.97 Å². The largest absolute Gasteiger partial charge is 0.455 e. The molecule has 1 aliphatic carbocycles. The number of ether oxygens (including phenoxy) is 1. The molecule has 1 fully saturated rings. The number of hydrogen-bond donors (Lipinski definition) is 1. The Bertz CT molecular complexity index is 576. The Balaban J connectivity index is 1.76. The van der Waals surface area contributed by atoms with Crippen molar-refractivity contribution < 1.29 is 14.3 Å². The van der Waals surface area contributed by atoms with Crippen molar-refractivity contribution in [1.82, 2.24) is 5.32 Å². The van der Waals surface area contributed by atoms with Crippen molar-refractivity contribution in [2.75, 3.05) is 6.61 Å². The van der Waals surface area contributed by atoms with Crippen LogP contribution in [0, 0.1) is 5.41 Å². The minimum absolute atomic E-state index is 0.266. The summed E-state index contributed by atoms with van der Waals surface area (Å²) in [6.07, 6.45) is 0.323. The molecule has 1 atom stereocenters. The summed E-state index contributed by atoms with van der Waals surface area (Å²) in [4.78, 5) is 23.4. The van der Waals surface area contributed by atoms with Gasteiger partial charge < -0.3 is 10.1 Å². The lowest BCUT2D eigenvalue weighted by Gasteiger charge is -2.12. The first-order valence-corrected chi connectivity index (χ1v) is 7.45. The van der Waals surface area contributed by atoms with E-state index in [0.29, 0.717) is 11.4 Å². The maximum Gasteiger partial charge on any atom is 0.315 e. The number of benzene rings is 1. The van der Waals surface area contributed by atoms with Crippen LogP contribution in [-0.2, 0) is 20.9 Å². The lowest BCUT2D eigenvalue weighted by atomic mass is 10.1. The standard InChI is InChI=1S/C14H14Cl3NO3/c1-13(8-14(13,16)17)12(20)21-7-11(19)18-6-9-4-2-3-5-10(9)15/h2-5H,6-8H2,1H3,(H,18,19)/t13-/m1/s1. The second-order valence-corrected chi connectivity index (χ2v) is 7.05. The van der Waals surface area contributed by atoms with Crippen molar-refractivity contribution >= 4 is 46.7 Å². The first kappa shape index (κ1) is 16.4. The SMILES string of the molecule is C[C@]1(C(=O)OCC(=O)NCc2ccccc2Cl)CC1(Cl)Cl. The topological polar surface area (TPSA) is 55.4 Å². The first-order chi connectivity index (χ1) is 9.76. The van der Waals surface area contributed by atoms with Gasteiger partial charge in [-0.25, -0.2) is 0 Å². The average molecular weight is 351 g/mol. The highest BCUT2D eigenvalue weighted by atomic mass is 35.5. The van der Waals surface area contributed by atoms with Gasteiger partial charge in [0.1, 0.15) is 9.75 Å². The Labute approximate surface area is 137 Å². The monoisotopic (exact) mass is 349 g/mol. The first-order valence-electron chi connectivity index (χ1n) is 6.31. The Kier molecular flexibility index (Phi) is 4.71. The van der Waals surface area contributed by atoms with E-state index in [1.165, 1.54) is 0 Å². The Hall–Kier alpha value is -0.970. The number of carbonyl (C=O) groups excluding carboxylic acids is 2. The van der Waals surface area contributed by atoms with Crippen LogP contribution in [0.5, 0.6) is 0 Å². The molecule has 114 valence electrons. The molecule has 1 aromatic rings. The smallest absolute Gasteiger partial charge is 0.315 e. The fourth-order valence-corrected chi connectivity index (χ4v) is 2.69. The van der Waals surface area contributed by atoms with Crippen LogP contribution in [0.25, 0.3) is 0 Å². The van der Waals surface area contributed by atoms with Crippen molar-refractivity contribution in [2.45, 2.75) is 24.2 Å². The van der Waals surface area contributed by atoms with E-state index in [4.69, 9.17) is 39.5 Å². The molecule has 0 aromatic heterocycles. The van der Waals surface area contributed by atoms with Gasteiger partial charge in [-0.15, -0.1) is 23.2 Å². The van der Waals surface area contributed by atoms with Gasteiger partial charge in [-0.1, -0.05) is 29.8 Å². The zero-order valence-electron chi connectivity index (χ0n) is 11.3. The molecule has 1 amide bonds. The molecule has 0 bridgehead atoms. The van der Waals surface area contributed by atoms with Gasteiger partial charge in [-0.3, -0.25) is 9.59 Å². The molecule has 21 heavy (non-hydrogen) atoms. The van der Waals surface area contributed by atoms with E-state index in [0.717, 1.165) is 5.56 Å². The highest BCUT2D eigenvalue weighted by molar-refractivity contribution is 6.53. The lowest BCUT2D eigenvalue weighted by Crippen LogP contribution is -2.31. The Morgan fingerprint density at radius 1 is 1.33 bits per heavy atom. The van der Waals surface area contributed by atoms with Crippen LogP contribution >= 0.6 is 34.8 Å². The second-order valence-electron chi connectivity index (χ2n) is 5.16. The van der Waals surface area contributed by atoms with Crippen LogP contribution in [0.3, 0.4) is 0 Å². The van der Waals surface area contributed by atoms with Crippen LogP contribution in [-0.4, -0.2) is 22.8 Å². The molecule has 1 aromatic carbocycles. The van der Waals surface area contributed by atoms with Crippen LogP contribution < -0.4 is 5.32 Å². The Morgan fingerprint density at radius 3 is 2.52 bits per heavy atom. The number of hydrogen-bond acceptors (Lipinski definition) is 3. The summed E-state index contributed by atoms with van der Waals surface area (Å²) in [5.74, 6) is -0.984. The molecule has 0 aliphatic heterocycles. The molecule has 1 aliphatic rings. The highest BCUT2D eigenvalue weighted by Gasteiger charge is 2.69. The van der Waals surface area contributed by atoms with E-state index in [2.05, 4.69) is 5.32 Å². The van der Waals surface area contributed by atoms with Crippen molar-refractivity contribution in [3.63, 3.8) is 0 Å². The number of esters is 1. The van der Waals surface area contributed by atoms with Gasteiger partial charge in [0.05, 0.1) is 0 Å². The minimum atomic E-state index is -1.10. The van der Waals surface area contributed by atoms with Crippen LogP contribution in [0.15, 0.2) is 24.3 Å². The van der Waals surface area contributed by atoms with Crippen molar-refractivity contribution in [1.29, 1.82) is 0 Å². The van der Waals surface area contributed by atoms with E-state index in [1.807, 2.05) is 6.07 Å².